The summed E-state index contributed by atoms with van der Waals surface area (Å²) in [4.78, 5) is 0. The Kier molecular flexibility index (Phi) is 9.35. The molecule has 0 amide bonds. The molecule has 0 unspecified atom stereocenters. The van der Waals surface area contributed by atoms with Gasteiger partial charge in [-0.25, -0.2) is 4.39 Å². The molecule has 2 N–H and O–H groups in total. The van der Waals surface area contributed by atoms with Crippen molar-refractivity contribution in [3.8, 4) is 11.5 Å². The third-order valence-electron chi connectivity index (χ3n) is 3.69. The monoisotopic (exact) mass is 397 g/mol. The Bertz CT molecular complexity index is 697. The third kappa shape index (κ3) is 7.34. The van der Waals surface area contributed by atoms with E-state index in [-0.39, 0.29) is 19.0 Å². The Hall–Kier alpha value is -1.86. The van der Waals surface area contributed by atoms with E-state index in [9.17, 15) is 4.39 Å². The largest absolute Gasteiger partial charge is 0.490 e. The van der Waals surface area contributed by atoms with Crippen molar-refractivity contribution in [3.05, 3.63) is 58.4 Å². The highest BCUT2D eigenvalue weighted by Gasteiger charge is 2.11. The van der Waals surface area contributed by atoms with Crippen LogP contribution in [0, 0.1) is 5.82 Å². The van der Waals surface area contributed by atoms with Gasteiger partial charge in [-0.2, -0.15) is 0 Å². The van der Waals surface area contributed by atoms with E-state index in [1.165, 1.54) is 12.1 Å². The Morgan fingerprint density at radius 1 is 1.07 bits per heavy atom. The van der Waals surface area contributed by atoms with Gasteiger partial charge in [-0.05, 0) is 36.2 Å². The maximum Gasteiger partial charge on any atom is 0.163 e. The highest BCUT2D eigenvalue weighted by atomic mass is 35.5. The van der Waals surface area contributed by atoms with E-state index >= 15 is 0 Å². The molecule has 0 fully saturated rings. The highest BCUT2D eigenvalue weighted by molar-refractivity contribution is 6.31. The number of benzene rings is 2. The lowest BCUT2D eigenvalue weighted by Crippen LogP contribution is -2.20. The number of nitrogens with one attached hydrogen (secondary N) is 1. The summed E-state index contributed by atoms with van der Waals surface area (Å²) in [6.45, 7) is 4.74. The molecule has 0 radical (unpaired) electrons. The van der Waals surface area contributed by atoms with Crippen LogP contribution in [-0.2, 0) is 17.9 Å². The van der Waals surface area contributed by atoms with Crippen LogP contribution in [-0.4, -0.2) is 38.1 Å². The molecule has 2 aromatic rings. The molecule has 0 heterocycles. The zero-order valence-corrected chi connectivity index (χ0v) is 16.1. The third-order valence-corrected chi connectivity index (χ3v) is 4.05. The number of aliphatic hydroxyl groups excluding tert-OH is 1. The SMILES string of the molecule is CCOc1cc(CNCCOCCO)c(Cl)cc1OCc1ccc(F)cc1. The summed E-state index contributed by atoms with van der Waals surface area (Å²) in [6.07, 6.45) is 0. The van der Waals surface area contributed by atoms with Crippen LogP contribution in [0.4, 0.5) is 4.39 Å². The molecule has 0 atom stereocenters. The second kappa shape index (κ2) is 11.8. The number of aliphatic hydroxyl groups is 1. The van der Waals surface area contributed by atoms with Crippen molar-refractivity contribution in [2.24, 2.45) is 0 Å². The van der Waals surface area contributed by atoms with Gasteiger partial charge in [0.05, 0.1) is 26.4 Å². The summed E-state index contributed by atoms with van der Waals surface area (Å²) >= 11 is 6.38. The van der Waals surface area contributed by atoms with Crippen LogP contribution in [0.1, 0.15) is 18.1 Å². The average Bonchev–Trinajstić information content (AvgIpc) is 2.67. The van der Waals surface area contributed by atoms with Gasteiger partial charge in [0, 0.05) is 24.2 Å². The molecule has 27 heavy (non-hydrogen) atoms. The topological polar surface area (TPSA) is 60.0 Å². The van der Waals surface area contributed by atoms with E-state index in [0.29, 0.717) is 49.4 Å². The van der Waals surface area contributed by atoms with E-state index in [2.05, 4.69) is 5.32 Å². The van der Waals surface area contributed by atoms with E-state index in [4.69, 9.17) is 30.9 Å². The molecule has 0 saturated heterocycles. The number of hydrogen-bond donors (Lipinski definition) is 2. The molecule has 0 aliphatic carbocycles. The van der Waals surface area contributed by atoms with Gasteiger partial charge in [0.2, 0.25) is 0 Å². The van der Waals surface area contributed by atoms with Crippen molar-refractivity contribution in [1.29, 1.82) is 0 Å². The molecule has 2 rings (SSSR count). The number of ether oxygens (including phenoxy) is 3. The van der Waals surface area contributed by atoms with Gasteiger partial charge in [-0.15, -0.1) is 0 Å². The van der Waals surface area contributed by atoms with Crippen molar-refractivity contribution in [2.75, 3.05) is 33.0 Å². The normalized spacial score (nSPS) is 10.8. The van der Waals surface area contributed by atoms with E-state index in [0.717, 1.165) is 11.1 Å². The zero-order chi connectivity index (χ0) is 19.5. The van der Waals surface area contributed by atoms with E-state index in [1.54, 1.807) is 18.2 Å². The van der Waals surface area contributed by atoms with Gasteiger partial charge in [0.1, 0.15) is 12.4 Å². The van der Waals surface area contributed by atoms with Crippen molar-refractivity contribution in [1.82, 2.24) is 5.32 Å². The fourth-order valence-electron chi connectivity index (χ4n) is 2.37. The minimum atomic E-state index is -0.282. The summed E-state index contributed by atoms with van der Waals surface area (Å²) in [7, 11) is 0. The summed E-state index contributed by atoms with van der Waals surface area (Å²) in [5.74, 6) is 0.869. The lowest BCUT2D eigenvalue weighted by Gasteiger charge is -2.15. The van der Waals surface area contributed by atoms with Crippen LogP contribution >= 0.6 is 11.6 Å². The minimum absolute atomic E-state index is 0.0168. The summed E-state index contributed by atoms with van der Waals surface area (Å²) in [5, 5.41) is 12.5. The van der Waals surface area contributed by atoms with Gasteiger partial charge in [-0.1, -0.05) is 23.7 Å². The van der Waals surface area contributed by atoms with E-state index in [1.807, 2.05) is 13.0 Å². The summed E-state index contributed by atoms with van der Waals surface area (Å²) in [6, 6.07) is 9.73. The van der Waals surface area contributed by atoms with Gasteiger partial charge in [0.25, 0.3) is 0 Å². The second-order valence-corrected chi connectivity index (χ2v) is 6.16. The van der Waals surface area contributed by atoms with Crippen molar-refractivity contribution in [2.45, 2.75) is 20.1 Å². The van der Waals surface area contributed by atoms with Gasteiger partial charge >= 0.3 is 0 Å². The molecule has 2 aromatic carbocycles. The quantitative estimate of drug-likeness (QED) is 0.536. The first-order valence-corrected chi connectivity index (χ1v) is 9.23. The van der Waals surface area contributed by atoms with Crippen LogP contribution in [0.3, 0.4) is 0 Å². The molecule has 0 saturated carbocycles. The molecular formula is C20H25ClFNO4. The fraction of sp³-hybridized carbons (Fsp3) is 0.400. The van der Waals surface area contributed by atoms with Crippen molar-refractivity contribution < 1.29 is 23.7 Å². The van der Waals surface area contributed by atoms with Gasteiger partial charge in [-0.3, -0.25) is 0 Å². The van der Waals surface area contributed by atoms with Crippen LogP contribution < -0.4 is 14.8 Å². The molecule has 0 bridgehead atoms. The smallest absolute Gasteiger partial charge is 0.163 e. The lowest BCUT2D eigenvalue weighted by molar-refractivity contribution is 0.0938. The number of hydrogen-bond acceptors (Lipinski definition) is 5. The molecule has 5 nitrogen and oxygen atoms in total. The first-order chi connectivity index (χ1) is 13.1. The first-order valence-electron chi connectivity index (χ1n) is 8.85. The van der Waals surface area contributed by atoms with Crippen LogP contribution in [0.2, 0.25) is 5.02 Å². The van der Waals surface area contributed by atoms with Crippen LogP contribution in [0.25, 0.3) is 0 Å². The minimum Gasteiger partial charge on any atom is -0.490 e. The van der Waals surface area contributed by atoms with Crippen LogP contribution in [0.15, 0.2) is 36.4 Å². The Morgan fingerprint density at radius 3 is 2.52 bits per heavy atom. The number of rotatable bonds is 12. The molecule has 0 spiro atoms. The zero-order valence-electron chi connectivity index (χ0n) is 15.3. The second-order valence-electron chi connectivity index (χ2n) is 5.75. The highest BCUT2D eigenvalue weighted by Crippen LogP contribution is 2.34. The summed E-state index contributed by atoms with van der Waals surface area (Å²) in [5.41, 5.74) is 1.74. The van der Waals surface area contributed by atoms with Crippen LogP contribution in [0.5, 0.6) is 11.5 Å². The standard InChI is InChI=1S/C20H25ClFNO4/c1-2-26-19-11-16(13-23-7-9-25-10-8-24)18(21)12-20(19)27-14-15-3-5-17(22)6-4-15/h3-6,11-12,23-24H,2,7-10,13-14H2,1H3. The molecular weight excluding hydrogens is 373 g/mol. The Labute approximate surface area is 164 Å². The lowest BCUT2D eigenvalue weighted by atomic mass is 10.2. The fourth-order valence-corrected chi connectivity index (χ4v) is 2.59. The van der Waals surface area contributed by atoms with E-state index < -0.39 is 0 Å². The van der Waals surface area contributed by atoms with Gasteiger partial charge < -0.3 is 24.6 Å². The first kappa shape index (κ1) is 21.4. The Balaban J connectivity index is 1.98. The van der Waals surface area contributed by atoms with Gasteiger partial charge in [0.15, 0.2) is 11.5 Å². The Morgan fingerprint density at radius 2 is 1.81 bits per heavy atom. The molecule has 0 aliphatic heterocycles. The maximum absolute atomic E-state index is 13.0. The molecule has 0 aliphatic rings. The predicted octanol–water partition coefficient (Wildman–Crippen LogP) is 3.56. The molecule has 0 aromatic heterocycles. The molecule has 148 valence electrons. The van der Waals surface area contributed by atoms with Crippen molar-refractivity contribution in [3.63, 3.8) is 0 Å². The molecule has 7 heteroatoms. The summed E-state index contributed by atoms with van der Waals surface area (Å²) < 4.78 is 29.7. The average molecular weight is 398 g/mol. The predicted molar refractivity (Wildman–Crippen MR) is 103 cm³/mol. The van der Waals surface area contributed by atoms with Crippen molar-refractivity contribution >= 4 is 11.6 Å². The maximum atomic E-state index is 13.0. The number of halogens is 2.